The highest BCUT2D eigenvalue weighted by atomic mass is 32.2. The van der Waals surface area contributed by atoms with Crippen LogP contribution in [-0.4, -0.2) is 32.0 Å². The van der Waals surface area contributed by atoms with Crippen molar-refractivity contribution < 1.29 is 13.2 Å². The molecule has 0 fully saturated rings. The van der Waals surface area contributed by atoms with Gasteiger partial charge in [0.25, 0.3) is 5.91 Å². The van der Waals surface area contributed by atoms with Crippen LogP contribution in [0.1, 0.15) is 46.9 Å². The van der Waals surface area contributed by atoms with Gasteiger partial charge < -0.3 is 4.90 Å². The molecule has 0 radical (unpaired) electrons. The predicted molar refractivity (Wildman–Crippen MR) is 101 cm³/mol. The Hall–Kier alpha value is -2.65. The van der Waals surface area contributed by atoms with Gasteiger partial charge in [-0.2, -0.15) is 5.26 Å². The molecule has 0 saturated carbocycles. The number of rotatable bonds is 6. The molecule has 136 valence electrons. The fourth-order valence-corrected chi connectivity index (χ4v) is 3.66. The fourth-order valence-electron chi connectivity index (χ4n) is 2.87. The van der Waals surface area contributed by atoms with Gasteiger partial charge in [-0.3, -0.25) is 4.79 Å². The van der Waals surface area contributed by atoms with E-state index in [2.05, 4.69) is 6.07 Å². The second kappa shape index (κ2) is 8.15. The van der Waals surface area contributed by atoms with Crippen molar-refractivity contribution in [1.29, 1.82) is 5.26 Å². The van der Waals surface area contributed by atoms with Gasteiger partial charge >= 0.3 is 0 Å². The minimum Gasteiger partial charge on any atom is -0.332 e. The molecule has 0 N–H and O–H groups in total. The maximum atomic E-state index is 13.0. The smallest absolute Gasteiger partial charge is 0.254 e. The van der Waals surface area contributed by atoms with Crippen molar-refractivity contribution in [2.75, 3.05) is 12.8 Å². The molecule has 0 bridgehead atoms. The summed E-state index contributed by atoms with van der Waals surface area (Å²) in [5, 5.41) is 8.91. The van der Waals surface area contributed by atoms with E-state index in [-0.39, 0.29) is 17.7 Å². The lowest BCUT2D eigenvalue weighted by Crippen LogP contribution is -2.33. The summed E-state index contributed by atoms with van der Waals surface area (Å²) in [5.74, 6) is -0.245. The summed E-state index contributed by atoms with van der Waals surface area (Å²) in [5.41, 5.74) is 2.57. The zero-order valence-electron chi connectivity index (χ0n) is 15.1. The molecule has 1 unspecified atom stereocenters. The first-order chi connectivity index (χ1) is 12.2. The van der Waals surface area contributed by atoms with Gasteiger partial charge in [0, 0.05) is 18.4 Å². The highest BCUT2D eigenvalue weighted by molar-refractivity contribution is 7.89. The normalized spacial score (nSPS) is 12.2. The number of carbonyl (C=O) groups is 1. The molecule has 1 amide bonds. The van der Waals surface area contributed by atoms with E-state index in [9.17, 15) is 13.2 Å². The summed E-state index contributed by atoms with van der Waals surface area (Å²) in [4.78, 5) is 14.7. The van der Waals surface area contributed by atoms with Crippen LogP contribution in [0.3, 0.4) is 0 Å². The topological polar surface area (TPSA) is 78.2 Å². The molecule has 0 aliphatic carbocycles. The maximum Gasteiger partial charge on any atom is 0.254 e. The number of nitriles is 1. The van der Waals surface area contributed by atoms with Crippen LogP contribution in [0.5, 0.6) is 0 Å². The second-order valence-electron chi connectivity index (χ2n) is 6.27. The van der Waals surface area contributed by atoms with Crippen LogP contribution >= 0.6 is 0 Å². The molecule has 26 heavy (non-hydrogen) atoms. The molecular weight excluding hydrogens is 348 g/mol. The minimum absolute atomic E-state index is 0.0918. The van der Waals surface area contributed by atoms with E-state index in [1.807, 2.05) is 26.0 Å². The summed E-state index contributed by atoms with van der Waals surface area (Å²) in [7, 11) is -3.16. The number of carbonyl (C=O) groups excluding carboxylic acids is 1. The fraction of sp³-hybridized carbons (Fsp3) is 0.300. The quantitative estimate of drug-likeness (QED) is 0.781. The lowest BCUT2D eigenvalue weighted by Gasteiger charge is -2.28. The van der Waals surface area contributed by atoms with Gasteiger partial charge in [-0.15, -0.1) is 0 Å². The first-order valence-corrected chi connectivity index (χ1v) is 10.4. The monoisotopic (exact) mass is 370 g/mol. The van der Waals surface area contributed by atoms with E-state index in [0.717, 1.165) is 5.56 Å². The number of hydrogen-bond acceptors (Lipinski definition) is 4. The molecule has 2 aromatic rings. The molecule has 0 heterocycles. The van der Waals surface area contributed by atoms with E-state index in [1.54, 1.807) is 41.3 Å². The Kier molecular flexibility index (Phi) is 6.17. The van der Waals surface area contributed by atoms with Crippen LogP contribution < -0.4 is 0 Å². The minimum atomic E-state index is -3.16. The Morgan fingerprint density at radius 1 is 1.19 bits per heavy atom. The molecule has 2 rings (SSSR count). The average Bonchev–Trinajstić information content (AvgIpc) is 2.61. The van der Waals surface area contributed by atoms with E-state index in [4.69, 9.17) is 5.26 Å². The number of sulfone groups is 1. The highest BCUT2D eigenvalue weighted by Crippen LogP contribution is 2.23. The van der Waals surface area contributed by atoms with Gasteiger partial charge in [-0.05, 0) is 49.2 Å². The van der Waals surface area contributed by atoms with Gasteiger partial charge in [0.2, 0.25) is 0 Å². The standard InChI is InChI=1S/C20H22N2O3S/c1-4-22(15(2)18-10-8-16(13-21)9-11-18)20(23)19-7-5-6-17(12-19)14-26(3,24)25/h5-12,15H,4,14H2,1-3H3. The Balaban J connectivity index is 2.27. The van der Waals surface area contributed by atoms with Gasteiger partial charge in [0.1, 0.15) is 0 Å². The van der Waals surface area contributed by atoms with Crippen molar-refractivity contribution in [2.45, 2.75) is 25.6 Å². The molecule has 0 aliphatic heterocycles. The molecule has 6 heteroatoms. The third-order valence-electron chi connectivity index (χ3n) is 4.19. The summed E-state index contributed by atoms with van der Waals surface area (Å²) < 4.78 is 23.0. The van der Waals surface area contributed by atoms with Gasteiger partial charge in [0.15, 0.2) is 9.84 Å². The molecule has 0 saturated heterocycles. The van der Waals surface area contributed by atoms with E-state index < -0.39 is 9.84 Å². The lowest BCUT2D eigenvalue weighted by atomic mass is 10.0. The summed E-state index contributed by atoms with van der Waals surface area (Å²) in [6.45, 7) is 4.35. The van der Waals surface area contributed by atoms with Crippen LogP contribution in [0.25, 0.3) is 0 Å². The van der Waals surface area contributed by atoms with Crippen molar-refractivity contribution in [3.8, 4) is 6.07 Å². The van der Waals surface area contributed by atoms with E-state index in [0.29, 0.717) is 23.2 Å². The zero-order chi connectivity index (χ0) is 19.3. The number of benzene rings is 2. The highest BCUT2D eigenvalue weighted by Gasteiger charge is 2.21. The maximum absolute atomic E-state index is 13.0. The number of amides is 1. The van der Waals surface area contributed by atoms with Crippen molar-refractivity contribution >= 4 is 15.7 Å². The third-order valence-corrected chi connectivity index (χ3v) is 5.05. The average molecular weight is 370 g/mol. The van der Waals surface area contributed by atoms with Gasteiger partial charge in [-0.25, -0.2) is 8.42 Å². The largest absolute Gasteiger partial charge is 0.332 e. The van der Waals surface area contributed by atoms with Crippen molar-refractivity contribution in [1.82, 2.24) is 4.90 Å². The summed E-state index contributed by atoms with van der Waals surface area (Å²) in [6.07, 6.45) is 1.17. The van der Waals surface area contributed by atoms with Crippen molar-refractivity contribution in [3.05, 3.63) is 70.8 Å². The zero-order valence-corrected chi connectivity index (χ0v) is 16.0. The van der Waals surface area contributed by atoms with Crippen LogP contribution in [0.2, 0.25) is 0 Å². The third kappa shape index (κ3) is 4.93. The Morgan fingerprint density at radius 2 is 1.85 bits per heavy atom. The lowest BCUT2D eigenvalue weighted by molar-refractivity contribution is 0.0702. The van der Waals surface area contributed by atoms with Gasteiger partial charge in [-0.1, -0.05) is 24.3 Å². The summed E-state index contributed by atoms with van der Waals surface area (Å²) in [6, 6.07) is 15.8. The molecule has 0 aromatic heterocycles. The number of nitrogens with zero attached hydrogens (tertiary/aromatic N) is 2. The Morgan fingerprint density at radius 3 is 2.38 bits per heavy atom. The first kappa shape index (κ1) is 19.7. The van der Waals surface area contributed by atoms with Crippen LogP contribution in [0, 0.1) is 11.3 Å². The Bertz CT molecular complexity index is 928. The van der Waals surface area contributed by atoms with Crippen LogP contribution in [0.15, 0.2) is 48.5 Å². The first-order valence-electron chi connectivity index (χ1n) is 8.33. The second-order valence-corrected chi connectivity index (χ2v) is 8.41. The van der Waals surface area contributed by atoms with E-state index in [1.165, 1.54) is 6.26 Å². The molecule has 2 aromatic carbocycles. The SMILES string of the molecule is CCN(C(=O)c1cccc(CS(C)(=O)=O)c1)C(C)c1ccc(C#N)cc1. The van der Waals surface area contributed by atoms with Crippen LogP contribution in [0.4, 0.5) is 0 Å². The molecule has 0 aliphatic rings. The van der Waals surface area contributed by atoms with Crippen molar-refractivity contribution in [2.24, 2.45) is 0 Å². The van der Waals surface area contributed by atoms with Crippen molar-refractivity contribution in [3.63, 3.8) is 0 Å². The number of hydrogen-bond donors (Lipinski definition) is 0. The van der Waals surface area contributed by atoms with E-state index >= 15 is 0 Å². The van der Waals surface area contributed by atoms with Gasteiger partial charge in [0.05, 0.1) is 23.4 Å². The van der Waals surface area contributed by atoms with Crippen LogP contribution in [-0.2, 0) is 15.6 Å². The summed E-state index contributed by atoms with van der Waals surface area (Å²) >= 11 is 0. The molecule has 5 nitrogen and oxygen atoms in total. The Labute approximate surface area is 154 Å². The molecular formula is C20H22N2O3S. The molecule has 0 spiro atoms. The molecule has 1 atom stereocenters. The predicted octanol–water partition coefficient (Wildman–Crippen LogP) is 3.33.